The third-order valence-corrected chi connectivity index (χ3v) is 5.50. The number of aliphatic hydroxyl groups is 1. The van der Waals surface area contributed by atoms with E-state index in [4.69, 9.17) is 14.2 Å². The van der Waals surface area contributed by atoms with Crippen LogP contribution in [0.5, 0.6) is 11.5 Å². The van der Waals surface area contributed by atoms with Crippen LogP contribution in [0.1, 0.15) is 28.0 Å². The molecule has 3 heterocycles. The molecule has 1 saturated heterocycles. The Hall–Kier alpha value is -2.84. The number of aliphatic hydroxyl groups excluding tert-OH is 1. The number of hydrogen-bond donors (Lipinski definition) is 2. The smallest absolute Gasteiger partial charge is 0.270 e. The molecule has 160 valence electrons. The first-order valence-corrected chi connectivity index (χ1v) is 10.1. The average molecular weight is 413 g/mol. The third kappa shape index (κ3) is 4.34. The number of benzene rings is 1. The van der Waals surface area contributed by atoms with Gasteiger partial charge in [-0.3, -0.25) is 4.79 Å². The topological polar surface area (TPSA) is 93.2 Å². The van der Waals surface area contributed by atoms with Gasteiger partial charge in [-0.1, -0.05) is 12.1 Å². The second-order valence-corrected chi connectivity index (χ2v) is 7.63. The van der Waals surface area contributed by atoms with Crippen LogP contribution in [0.25, 0.3) is 0 Å². The number of pyridine rings is 1. The number of anilines is 1. The van der Waals surface area contributed by atoms with E-state index in [1.807, 2.05) is 36.2 Å². The van der Waals surface area contributed by atoms with Gasteiger partial charge in [-0.15, -0.1) is 0 Å². The van der Waals surface area contributed by atoms with Gasteiger partial charge in [-0.25, -0.2) is 4.98 Å². The number of nitrogens with zero attached hydrogens (tertiary/aromatic N) is 2. The number of nitrogens with one attached hydrogen (secondary N) is 1. The quantitative estimate of drug-likeness (QED) is 0.765. The van der Waals surface area contributed by atoms with Gasteiger partial charge in [0.1, 0.15) is 18.1 Å². The molecule has 4 rings (SSSR count). The third-order valence-electron chi connectivity index (χ3n) is 5.50. The van der Waals surface area contributed by atoms with Gasteiger partial charge in [0.2, 0.25) is 0 Å². The van der Waals surface area contributed by atoms with Crippen molar-refractivity contribution in [3.05, 3.63) is 47.2 Å². The number of methoxy groups -OCH3 is 1. The highest BCUT2D eigenvalue weighted by molar-refractivity contribution is 5.93. The lowest BCUT2D eigenvalue weighted by Gasteiger charge is -2.30. The number of aromatic nitrogens is 1. The first-order valence-electron chi connectivity index (χ1n) is 10.1. The summed E-state index contributed by atoms with van der Waals surface area (Å²) in [6.45, 7) is 2.01. The van der Waals surface area contributed by atoms with E-state index < -0.39 is 6.10 Å². The average Bonchev–Trinajstić information content (AvgIpc) is 2.76. The maximum atomic E-state index is 12.9. The summed E-state index contributed by atoms with van der Waals surface area (Å²) in [5.74, 6) is 1.85. The first kappa shape index (κ1) is 20.4. The number of fused-ring (bicyclic) bond motifs is 1. The molecule has 0 spiro atoms. The number of carbonyl (C=O) groups is 1. The molecule has 8 nitrogen and oxygen atoms in total. The second kappa shape index (κ2) is 8.89. The van der Waals surface area contributed by atoms with Gasteiger partial charge < -0.3 is 29.5 Å². The molecular formula is C22H27N3O5. The molecule has 8 heteroatoms. The zero-order chi connectivity index (χ0) is 21.1. The number of amides is 1. The monoisotopic (exact) mass is 413 g/mol. The zero-order valence-corrected chi connectivity index (χ0v) is 17.3. The molecule has 2 aliphatic heterocycles. The molecular weight excluding hydrogens is 386 g/mol. The molecule has 0 bridgehead atoms. The van der Waals surface area contributed by atoms with Crippen molar-refractivity contribution in [1.29, 1.82) is 0 Å². The molecule has 2 aromatic rings. The Labute approximate surface area is 175 Å². The van der Waals surface area contributed by atoms with Crippen molar-refractivity contribution in [2.45, 2.75) is 25.0 Å². The minimum atomic E-state index is -0.717. The van der Waals surface area contributed by atoms with Gasteiger partial charge in [0.05, 0.1) is 32.4 Å². The van der Waals surface area contributed by atoms with E-state index in [2.05, 4.69) is 10.3 Å². The van der Waals surface area contributed by atoms with Crippen LogP contribution in [0.4, 0.5) is 5.82 Å². The minimum Gasteiger partial charge on any atom is -0.497 e. The molecule has 1 aromatic heterocycles. The van der Waals surface area contributed by atoms with Crippen LogP contribution < -0.4 is 19.7 Å². The number of carbonyl (C=O) groups excluding carboxylic acids is 1. The fourth-order valence-electron chi connectivity index (χ4n) is 3.72. The SMILES string of the molecule is COc1ccc(Cc2cc(C(=O)N[C@@H]3CCOC[C@H]3O)nc3c2OCCN3C)cc1. The van der Waals surface area contributed by atoms with Crippen molar-refractivity contribution in [3.63, 3.8) is 0 Å². The highest BCUT2D eigenvalue weighted by Crippen LogP contribution is 2.34. The summed E-state index contributed by atoms with van der Waals surface area (Å²) in [4.78, 5) is 19.5. The molecule has 1 fully saturated rings. The van der Waals surface area contributed by atoms with Gasteiger partial charge in [0.25, 0.3) is 5.91 Å². The number of ether oxygens (including phenoxy) is 3. The Bertz CT molecular complexity index is 902. The number of likely N-dealkylation sites (N-methyl/N-ethyl adjacent to an activating group) is 1. The molecule has 1 amide bonds. The molecule has 0 unspecified atom stereocenters. The van der Waals surface area contributed by atoms with E-state index in [-0.39, 0.29) is 18.6 Å². The Balaban J connectivity index is 1.63. The lowest BCUT2D eigenvalue weighted by molar-refractivity contribution is -0.0261. The van der Waals surface area contributed by atoms with Gasteiger partial charge >= 0.3 is 0 Å². The van der Waals surface area contributed by atoms with Crippen LogP contribution in [0.3, 0.4) is 0 Å². The molecule has 0 saturated carbocycles. The maximum Gasteiger partial charge on any atom is 0.270 e. The van der Waals surface area contributed by atoms with Crippen molar-refractivity contribution in [3.8, 4) is 11.5 Å². The van der Waals surface area contributed by atoms with Crippen molar-refractivity contribution in [1.82, 2.24) is 10.3 Å². The summed E-state index contributed by atoms with van der Waals surface area (Å²) in [6.07, 6.45) is 0.452. The summed E-state index contributed by atoms with van der Waals surface area (Å²) in [6, 6.07) is 9.25. The summed E-state index contributed by atoms with van der Waals surface area (Å²) in [5.41, 5.74) is 2.29. The lowest BCUT2D eigenvalue weighted by atomic mass is 10.0. The van der Waals surface area contributed by atoms with Crippen LogP contribution >= 0.6 is 0 Å². The Morgan fingerprint density at radius 3 is 2.87 bits per heavy atom. The van der Waals surface area contributed by atoms with Gasteiger partial charge in [0, 0.05) is 25.6 Å². The molecule has 2 atom stereocenters. The van der Waals surface area contributed by atoms with Gasteiger partial charge in [-0.05, 0) is 30.2 Å². The van der Waals surface area contributed by atoms with Crippen molar-refractivity contribution < 1.29 is 24.1 Å². The summed E-state index contributed by atoms with van der Waals surface area (Å²) < 4.78 is 16.4. The normalized spacial score (nSPS) is 20.8. The van der Waals surface area contributed by atoms with Crippen LogP contribution in [0.2, 0.25) is 0 Å². The summed E-state index contributed by atoms with van der Waals surface area (Å²) >= 11 is 0. The fraction of sp³-hybridized carbons (Fsp3) is 0.455. The highest BCUT2D eigenvalue weighted by Gasteiger charge is 2.28. The van der Waals surface area contributed by atoms with Crippen molar-refractivity contribution in [2.75, 3.05) is 45.4 Å². The van der Waals surface area contributed by atoms with Crippen molar-refractivity contribution >= 4 is 11.7 Å². The molecule has 2 aliphatic rings. The number of rotatable bonds is 5. The Kier molecular flexibility index (Phi) is 6.06. The minimum absolute atomic E-state index is 0.224. The molecule has 1 aromatic carbocycles. The van der Waals surface area contributed by atoms with Crippen LogP contribution in [-0.4, -0.2) is 68.7 Å². The molecule has 0 radical (unpaired) electrons. The molecule has 2 N–H and O–H groups in total. The Morgan fingerprint density at radius 1 is 1.33 bits per heavy atom. The van der Waals surface area contributed by atoms with Gasteiger partial charge in [0.15, 0.2) is 11.6 Å². The van der Waals surface area contributed by atoms with Crippen molar-refractivity contribution in [2.24, 2.45) is 0 Å². The van der Waals surface area contributed by atoms with E-state index in [0.717, 1.165) is 16.9 Å². The van der Waals surface area contributed by atoms with E-state index >= 15 is 0 Å². The predicted molar refractivity (Wildman–Crippen MR) is 111 cm³/mol. The van der Waals surface area contributed by atoms with E-state index in [9.17, 15) is 9.90 Å². The standard InChI is InChI=1S/C22H27N3O5/c1-25-8-10-30-20-15(11-14-3-5-16(28-2)6-4-14)12-18(23-21(20)25)22(27)24-17-7-9-29-13-19(17)26/h3-6,12,17,19,26H,7-11,13H2,1-2H3,(H,24,27)/t17-,19-/m1/s1. The fourth-order valence-corrected chi connectivity index (χ4v) is 3.72. The van der Waals surface area contributed by atoms with Gasteiger partial charge in [-0.2, -0.15) is 0 Å². The molecule has 30 heavy (non-hydrogen) atoms. The molecule has 0 aliphatic carbocycles. The number of hydrogen-bond acceptors (Lipinski definition) is 7. The second-order valence-electron chi connectivity index (χ2n) is 7.63. The van der Waals surface area contributed by atoms with Crippen LogP contribution in [0.15, 0.2) is 30.3 Å². The summed E-state index contributed by atoms with van der Waals surface area (Å²) in [5, 5.41) is 13.0. The van der Waals surface area contributed by atoms with Crippen LogP contribution in [0, 0.1) is 0 Å². The van der Waals surface area contributed by atoms with E-state index in [1.54, 1.807) is 13.2 Å². The lowest BCUT2D eigenvalue weighted by Crippen LogP contribution is -2.49. The highest BCUT2D eigenvalue weighted by atomic mass is 16.5. The summed E-state index contributed by atoms with van der Waals surface area (Å²) in [7, 11) is 3.58. The Morgan fingerprint density at radius 2 is 2.13 bits per heavy atom. The largest absolute Gasteiger partial charge is 0.497 e. The van der Waals surface area contributed by atoms with E-state index in [0.29, 0.717) is 49.9 Å². The predicted octanol–water partition coefficient (Wildman–Crippen LogP) is 1.39. The first-order chi connectivity index (χ1) is 14.5. The van der Waals surface area contributed by atoms with E-state index in [1.165, 1.54) is 0 Å². The zero-order valence-electron chi connectivity index (χ0n) is 17.3. The maximum absolute atomic E-state index is 12.9. The van der Waals surface area contributed by atoms with Crippen LogP contribution in [-0.2, 0) is 11.2 Å².